The van der Waals surface area contributed by atoms with Crippen molar-refractivity contribution in [3.05, 3.63) is 33.9 Å². The third-order valence-electron chi connectivity index (χ3n) is 7.98. The Balaban J connectivity index is 2.66. The predicted octanol–water partition coefficient (Wildman–Crippen LogP) is 7.14. The molecule has 8 nitrogen and oxygen atoms in total. The number of benzene rings is 2. The topological polar surface area (TPSA) is 145 Å². The number of furan rings is 1. The Bertz CT molecular complexity index is 1530. The highest BCUT2D eigenvalue weighted by Crippen LogP contribution is 2.52. The highest BCUT2D eigenvalue weighted by atomic mass is 16.3. The van der Waals surface area contributed by atoms with Crippen LogP contribution in [-0.4, -0.2) is 37.8 Å². The standard InChI is InChI=1S/C32H40O8/c1-9-15(5)25(34)23-29(38)20(13-17(7)18(8)33)31-22(30(23)39)21-27(36)19(12-11-14(3)4)28(37)24(32(21)40-31)26(35)16(6)10-2/h11,15-17,36-39H,9-10,12-13H2,1-8H3. The molecule has 2 aromatic carbocycles. The molecule has 0 saturated carbocycles. The molecule has 0 radical (unpaired) electrons. The molecule has 3 atom stereocenters. The number of aromatic hydroxyl groups is 4. The van der Waals surface area contributed by atoms with E-state index in [0.717, 1.165) is 5.57 Å². The molecule has 0 aliphatic carbocycles. The van der Waals surface area contributed by atoms with Crippen molar-refractivity contribution < 1.29 is 39.2 Å². The monoisotopic (exact) mass is 552 g/mol. The molecule has 4 N–H and O–H groups in total. The first-order valence-corrected chi connectivity index (χ1v) is 13.8. The lowest BCUT2D eigenvalue weighted by Gasteiger charge is -2.17. The average molecular weight is 553 g/mol. The van der Waals surface area contributed by atoms with Crippen molar-refractivity contribution in [2.45, 2.75) is 81.1 Å². The molecule has 0 amide bonds. The fourth-order valence-corrected chi connectivity index (χ4v) is 4.75. The average Bonchev–Trinajstić information content (AvgIpc) is 3.29. The van der Waals surface area contributed by atoms with Gasteiger partial charge >= 0.3 is 0 Å². The van der Waals surface area contributed by atoms with Gasteiger partial charge in [-0.25, -0.2) is 0 Å². The van der Waals surface area contributed by atoms with E-state index in [1.807, 2.05) is 20.8 Å². The van der Waals surface area contributed by atoms with Crippen LogP contribution in [0.5, 0.6) is 23.0 Å². The molecule has 3 rings (SSSR count). The zero-order valence-corrected chi connectivity index (χ0v) is 24.6. The SMILES string of the molecule is CCC(C)C(=O)c1c(O)c(CC(C)C(C)=O)c2oc3c(C(=O)C(C)CC)c(O)c(CC=C(C)C)c(O)c3c2c1O. The summed E-state index contributed by atoms with van der Waals surface area (Å²) in [6, 6.07) is 0. The van der Waals surface area contributed by atoms with Crippen LogP contribution in [0.3, 0.4) is 0 Å². The molecule has 0 bridgehead atoms. The lowest BCUT2D eigenvalue weighted by Crippen LogP contribution is -2.14. The van der Waals surface area contributed by atoms with Crippen LogP contribution in [0.1, 0.15) is 100 Å². The van der Waals surface area contributed by atoms with Crippen molar-refractivity contribution in [2.75, 3.05) is 0 Å². The van der Waals surface area contributed by atoms with Gasteiger partial charge in [-0.15, -0.1) is 0 Å². The molecular formula is C32H40O8. The molecule has 0 saturated heterocycles. The van der Waals surface area contributed by atoms with E-state index >= 15 is 0 Å². The minimum absolute atomic E-state index is 0.0232. The van der Waals surface area contributed by atoms with Crippen molar-refractivity contribution in [3.63, 3.8) is 0 Å². The summed E-state index contributed by atoms with van der Waals surface area (Å²) in [7, 11) is 0. The van der Waals surface area contributed by atoms with Crippen molar-refractivity contribution in [3.8, 4) is 23.0 Å². The molecule has 1 aromatic heterocycles. The van der Waals surface area contributed by atoms with Gasteiger partial charge in [0.25, 0.3) is 0 Å². The minimum Gasteiger partial charge on any atom is -0.507 e. The second kappa shape index (κ2) is 11.7. The van der Waals surface area contributed by atoms with Gasteiger partial charge in [-0.2, -0.15) is 0 Å². The van der Waals surface area contributed by atoms with E-state index in [2.05, 4.69) is 0 Å². The third-order valence-corrected chi connectivity index (χ3v) is 7.98. The molecule has 3 unspecified atom stereocenters. The highest BCUT2D eigenvalue weighted by molar-refractivity contribution is 6.23. The van der Waals surface area contributed by atoms with Crippen molar-refractivity contribution in [1.29, 1.82) is 0 Å². The number of rotatable bonds is 11. The Hall–Kier alpha value is -3.81. The molecule has 40 heavy (non-hydrogen) atoms. The summed E-state index contributed by atoms with van der Waals surface area (Å²) in [5.74, 6) is -4.63. The number of ketones is 3. The molecule has 0 fully saturated rings. The van der Waals surface area contributed by atoms with Crippen LogP contribution >= 0.6 is 0 Å². The number of carbonyl (C=O) groups is 3. The maximum Gasteiger partial charge on any atom is 0.173 e. The Labute approximate surface area is 234 Å². The summed E-state index contributed by atoms with van der Waals surface area (Å²) in [5, 5.41) is 45.5. The first-order chi connectivity index (χ1) is 18.7. The number of Topliss-reactive ketones (excluding diaryl/α,β-unsaturated/α-hetero) is 3. The predicted molar refractivity (Wildman–Crippen MR) is 155 cm³/mol. The van der Waals surface area contributed by atoms with Crippen LogP contribution in [0.2, 0.25) is 0 Å². The second-order valence-electron chi connectivity index (χ2n) is 11.2. The van der Waals surface area contributed by atoms with Gasteiger partial charge in [0.05, 0.1) is 10.8 Å². The van der Waals surface area contributed by atoms with Crippen LogP contribution in [-0.2, 0) is 17.6 Å². The van der Waals surface area contributed by atoms with Gasteiger partial charge in [0.1, 0.15) is 45.5 Å². The van der Waals surface area contributed by atoms with Crippen LogP contribution in [0.25, 0.3) is 21.9 Å². The van der Waals surface area contributed by atoms with E-state index in [1.54, 1.807) is 33.8 Å². The van der Waals surface area contributed by atoms with E-state index < -0.39 is 52.3 Å². The van der Waals surface area contributed by atoms with E-state index in [1.165, 1.54) is 6.92 Å². The first-order valence-electron chi connectivity index (χ1n) is 13.8. The quantitative estimate of drug-likeness (QED) is 0.145. The maximum absolute atomic E-state index is 13.6. The maximum atomic E-state index is 13.6. The summed E-state index contributed by atoms with van der Waals surface area (Å²) >= 11 is 0. The third kappa shape index (κ3) is 5.19. The van der Waals surface area contributed by atoms with Crippen LogP contribution < -0.4 is 0 Å². The molecule has 1 heterocycles. The molecule has 8 heteroatoms. The van der Waals surface area contributed by atoms with Crippen LogP contribution in [0.4, 0.5) is 0 Å². The van der Waals surface area contributed by atoms with E-state index in [4.69, 9.17) is 4.42 Å². The first kappa shape index (κ1) is 30.7. The van der Waals surface area contributed by atoms with Crippen molar-refractivity contribution in [1.82, 2.24) is 0 Å². The number of hydrogen-bond acceptors (Lipinski definition) is 8. The summed E-state index contributed by atoms with van der Waals surface area (Å²) < 4.78 is 6.14. The summed E-state index contributed by atoms with van der Waals surface area (Å²) in [4.78, 5) is 39.1. The number of hydrogen-bond donors (Lipinski definition) is 4. The number of carbonyl (C=O) groups excluding carboxylic acids is 3. The summed E-state index contributed by atoms with van der Waals surface area (Å²) in [6.45, 7) is 13.8. The van der Waals surface area contributed by atoms with Gasteiger partial charge in [0.15, 0.2) is 17.1 Å². The van der Waals surface area contributed by atoms with E-state index in [-0.39, 0.29) is 62.8 Å². The number of allylic oxidation sites excluding steroid dienone is 2. The van der Waals surface area contributed by atoms with Gasteiger partial charge in [-0.1, -0.05) is 46.3 Å². The normalized spacial score (nSPS) is 13.8. The van der Waals surface area contributed by atoms with Gasteiger partial charge in [-0.3, -0.25) is 14.4 Å². The molecule has 0 aliphatic rings. The summed E-state index contributed by atoms with van der Waals surface area (Å²) in [6.07, 6.45) is 2.77. The van der Waals surface area contributed by atoms with Crippen LogP contribution in [0, 0.1) is 17.8 Å². The number of fused-ring (bicyclic) bond motifs is 3. The fraction of sp³-hybridized carbons (Fsp3) is 0.469. The zero-order chi connectivity index (χ0) is 30.2. The highest BCUT2D eigenvalue weighted by Gasteiger charge is 2.35. The van der Waals surface area contributed by atoms with Gasteiger partial charge < -0.3 is 24.8 Å². The van der Waals surface area contributed by atoms with Crippen LogP contribution in [0.15, 0.2) is 16.1 Å². The largest absolute Gasteiger partial charge is 0.507 e. The van der Waals surface area contributed by atoms with E-state index in [9.17, 15) is 34.8 Å². The van der Waals surface area contributed by atoms with E-state index in [0.29, 0.717) is 12.8 Å². The van der Waals surface area contributed by atoms with Gasteiger partial charge in [0, 0.05) is 28.9 Å². The lowest BCUT2D eigenvalue weighted by atomic mass is 9.87. The number of phenols is 4. The lowest BCUT2D eigenvalue weighted by molar-refractivity contribution is -0.120. The molecule has 3 aromatic rings. The smallest absolute Gasteiger partial charge is 0.173 e. The Morgan fingerprint density at radius 1 is 0.700 bits per heavy atom. The molecule has 216 valence electrons. The zero-order valence-electron chi connectivity index (χ0n) is 24.6. The minimum atomic E-state index is -0.591. The molecule has 0 aliphatic heterocycles. The van der Waals surface area contributed by atoms with Gasteiger partial charge in [-0.05, 0) is 46.5 Å². The second-order valence-corrected chi connectivity index (χ2v) is 11.2. The molecule has 0 spiro atoms. The Morgan fingerprint density at radius 3 is 1.70 bits per heavy atom. The van der Waals surface area contributed by atoms with Gasteiger partial charge in [0.2, 0.25) is 0 Å². The Morgan fingerprint density at radius 2 is 1.20 bits per heavy atom. The summed E-state index contributed by atoms with van der Waals surface area (Å²) in [5.41, 5.74) is 0.398. The Kier molecular flexibility index (Phi) is 9.02. The van der Waals surface area contributed by atoms with Crippen molar-refractivity contribution in [2.24, 2.45) is 17.8 Å². The van der Waals surface area contributed by atoms with Crippen molar-refractivity contribution >= 4 is 39.3 Å². The number of phenolic OH excluding ortho intramolecular Hbond substituents is 4. The molecular weight excluding hydrogens is 512 g/mol. The fourth-order valence-electron chi connectivity index (χ4n) is 4.75.